The summed E-state index contributed by atoms with van der Waals surface area (Å²) in [6.07, 6.45) is -1.63. The van der Waals surface area contributed by atoms with Crippen molar-refractivity contribution in [3.8, 4) is 0 Å². The summed E-state index contributed by atoms with van der Waals surface area (Å²) in [6.45, 7) is 4.07. The fourth-order valence-corrected chi connectivity index (χ4v) is 1.88. The fraction of sp³-hybridized carbons (Fsp3) is 0.538. The van der Waals surface area contributed by atoms with Gasteiger partial charge in [0.05, 0.1) is 5.56 Å². The number of hydrogen-bond donors (Lipinski definition) is 0. The highest BCUT2D eigenvalue weighted by molar-refractivity contribution is 5.98. The minimum absolute atomic E-state index is 0.113. The van der Waals surface area contributed by atoms with Gasteiger partial charge in [0.25, 0.3) is 0 Å². The molecule has 0 radical (unpaired) electrons. The van der Waals surface area contributed by atoms with Gasteiger partial charge < -0.3 is 4.43 Å². The molecule has 0 heterocycles. The number of alkyl halides is 3. The summed E-state index contributed by atoms with van der Waals surface area (Å²) in [6, 6.07) is 5.39. The molecule has 0 spiro atoms. The molecule has 0 saturated carbocycles. The molecule has 18 heavy (non-hydrogen) atoms. The Morgan fingerprint density at radius 2 is 1.67 bits per heavy atom. The number of benzene rings is 1. The summed E-state index contributed by atoms with van der Waals surface area (Å²) in [5, 5.41) is 0. The monoisotopic (exact) mass is 276 g/mol. The van der Waals surface area contributed by atoms with Crippen LogP contribution in [0.1, 0.15) is 37.8 Å². The van der Waals surface area contributed by atoms with Crippen molar-refractivity contribution >= 4 is 10.5 Å². The van der Waals surface area contributed by atoms with Gasteiger partial charge in [0.15, 0.2) is 0 Å². The molecule has 0 atom stereocenters. The minimum atomic E-state index is -4.25. The summed E-state index contributed by atoms with van der Waals surface area (Å²) in [4.78, 5) is 0. The molecule has 102 valence electrons. The average Bonchev–Trinajstić information content (AvgIpc) is 2.28. The van der Waals surface area contributed by atoms with Crippen molar-refractivity contribution in [3.05, 3.63) is 35.4 Å². The lowest BCUT2D eigenvalue weighted by Gasteiger charge is -2.23. The molecule has 0 saturated heterocycles. The first kappa shape index (κ1) is 15.2. The predicted molar refractivity (Wildman–Crippen MR) is 69.5 cm³/mol. The minimum Gasteiger partial charge on any atom is -0.423 e. The Labute approximate surface area is 109 Å². The molecule has 0 aliphatic carbocycles. The van der Waals surface area contributed by atoms with Crippen LogP contribution in [0.4, 0.5) is 13.2 Å². The standard InChI is InChI=1S/C13H19F3OSi/c1-12(2,17-18)9-3-4-10-5-7-11(8-6-10)13(14,15)16/h5-8H,3-4,9H2,1-2,18H3. The second kappa shape index (κ2) is 5.89. The van der Waals surface area contributed by atoms with Crippen molar-refractivity contribution < 1.29 is 17.6 Å². The zero-order valence-corrected chi connectivity index (χ0v) is 13.0. The number of rotatable bonds is 5. The van der Waals surface area contributed by atoms with E-state index in [0.717, 1.165) is 37.0 Å². The first-order chi connectivity index (χ1) is 8.24. The van der Waals surface area contributed by atoms with Crippen LogP contribution in [0.15, 0.2) is 24.3 Å². The van der Waals surface area contributed by atoms with Crippen LogP contribution in [0.25, 0.3) is 0 Å². The maximum absolute atomic E-state index is 12.4. The SMILES string of the molecule is CC(C)(CCCc1ccc(C(F)(F)F)cc1)O[SiH3]. The van der Waals surface area contributed by atoms with Crippen LogP contribution >= 0.6 is 0 Å². The normalized spacial score (nSPS) is 12.9. The van der Waals surface area contributed by atoms with E-state index in [1.165, 1.54) is 0 Å². The van der Waals surface area contributed by atoms with E-state index in [4.69, 9.17) is 4.43 Å². The molecule has 0 amide bonds. The molecule has 0 aliphatic rings. The maximum Gasteiger partial charge on any atom is 0.416 e. The highest BCUT2D eigenvalue weighted by atomic mass is 28.2. The first-order valence-electron chi connectivity index (χ1n) is 5.96. The van der Waals surface area contributed by atoms with E-state index in [9.17, 15) is 13.2 Å². The van der Waals surface area contributed by atoms with E-state index in [1.54, 1.807) is 12.1 Å². The summed E-state index contributed by atoms with van der Waals surface area (Å²) in [5.74, 6) is 0. The Morgan fingerprint density at radius 1 is 1.11 bits per heavy atom. The average molecular weight is 276 g/mol. The third-order valence-corrected chi connectivity index (χ3v) is 4.18. The van der Waals surface area contributed by atoms with Crippen molar-refractivity contribution in [1.82, 2.24) is 0 Å². The van der Waals surface area contributed by atoms with Gasteiger partial charge in [-0.15, -0.1) is 0 Å². The molecule has 1 rings (SSSR count). The van der Waals surface area contributed by atoms with Gasteiger partial charge in [-0.1, -0.05) is 12.1 Å². The second-order valence-electron chi connectivity index (χ2n) is 5.01. The third-order valence-electron chi connectivity index (χ3n) is 3.08. The van der Waals surface area contributed by atoms with Crippen LogP contribution in [-0.2, 0) is 17.0 Å². The van der Waals surface area contributed by atoms with Crippen LogP contribution in [0, 0.1) is 0 Å². The molecule has 0 aliphatic heterocycles. The van der Waals surface area contributed by atoms with E-state index in [-0.39, 0.29) is 5.60 Å². The van der Waals surface area contributed by atoms with Gasteiger partial charge >= 0.3 is 6.18 Å². The van der Waals surface area contributed by atoms with Gasteiger partial charge in [-0.2, -0.15) is 13.2 Å². The summed E-state index contributed by atoms with van der Waals surface area (Å²) in [5.41, 5.74) is 0.236. The highest BCUT2D eigenvalue weighted by Crippen LogP contribution is 2.29. The van der Waals surface area contributed by atoms with E-state index < -0.39 is 11.7 Å². The topological polar surface area (TPSA) is 9.23 Å². The van der Waals surface area contributed by atoms with Gasteiger partial charge in [-0.05, 0) is 50.8 Å². The van der Waals surface area contributed by atoms with E-state index in [2.05, 4.69) is 0 Å². The fourth-order valence-electron chi connectivity index (χ4n) is 1.68. The van der Waals surface area contributed by atoms with Crippen molar-refractivity contribution in [2.45, 2.75) is 44.9 Å². The van der Waals surface area contributed by atoms with Gasteiger partial charge in [0.2, 0.25) is 0 Å². The molecule has 1 nitrogen and oxygen atoms in total. The molecule has 0 aromatic heterocycles. The van der Waals surface area contributed by atoms with Crippen molar-refractivity contribution in [2.24, 2.45) is 0 Å². The highest BCUT2D eigenvalue weighted by Gasteiger charge is 2.29. The lowest BCUT2D eigenvalue weighted by atomic mass is 9.98. The molecular weight excluding hydrogens is 257 g/mol. The molecule has 0 unspecified atom stereocenters. The smallest absolute Gasteiger partial charge is 0.416 e. The number of halogens is 3. The van der Waals surface area contributed by atoms with Crippen molar-refractivity contribution in [1.29, 1.82) is 0 Å². The lowest BCUT2D eigenvalue weighted by molar-refractivity contribution is -0.137. The zero-order valence-electron chi connectivity index (χ0n) is 11.0. The van der Waals surface area contributed by atoms with Crippen LogP contribution in [0.3, 0.4) is 0 Å². The quantitative estimate of drug-likeness (QED) is 0.751. The Morgan fingerprint density at radius 3 is 2.11 bits per heavy atom. The maximum atomic E-state index is 12.4. The summed E-state index contributed by atoms with van der Waals surface area (Å²) < 4.78 is 42.5. The number of aryl methyl sites for hydroxylation is 1. The molecular formula is C13H19F3OSi. The lowest BCUT2D eigenvalue weighted by Crippen LogP contribution is -2.22. The Kier molecular flexibility index (Phi) is 4.98. The molecule has 0 fully saturated rings. The Balaban J connectivity index is 2.50. The molecule has 0 N–H and O–H groups in total. The van der Waals surface area contributed by atoms with Crippen LogP contribution < -0.4 is 0 Å². The number of hydrogen-bond acceptors (Lipinski definition) is 1. The van der Waals surface area contributed by atoms with E-state index in [0.29, 0.717) is 10.5 Å². The molecule has 1 aromatic carbocycles. The second-order valence-corrected chi connectivity index (χ2v) is 5.42. The van der Waals surface area contributed by atoms with Gasteiger partial charge in [0, 0.05) is 5.60 Å². The first-order valence-corrected chi connectivity index (χ1v) is 6.77. The third kappa shape index (κ3) is 4.82. The van der Waals surface area contributed by atoms with Gasteiger partial charge in [-0.3, -0.25) is 0 Å². The molecule has 1 aromatic rings. The largest absolute Gasteiger partial charge is 0.423 e. The van der Waals surface area contributed by atoms with Crippen LogP contribution in [0.2, 0.25) is 0 Å². The Bertz CT molecular complexity index is 371. The van der Waals surface area contributed by atoms with Gasteiger partial charge in [-0.25, -0.2) is 0 Å². The summed E-state index contributed by atoms with van der Waals surface area (Å²) >= 11 is 0. The van der Waals surface area contributed by atoms with Gasteiger partial charge in [0.1, 0.15) is 10.5 Å². The Hall–Kier alpha value is -0.813. The van der Waals surface area contributed by atoms with Crippen LogP contribution in [-0.4, -0.2) is 16.1 Å². The molecule has 5 heteroatoms. The van der Waals surface area contributed by atoms with Crippen LogP contribution in [0.5, 0.6) is 0 Å². The van der Waals surface area contributed by atoms with E-state index >= 15 is 0 Å². The van der Waals surface area contributed by atoms with Crippen molar-refractivity contribution in [2.75, 3.05) is 0 Å². The molecule has 0 bridgehead atoms. The summed E-state index contributed by atoms with van der Waals surface area (Å²) in [7, 11) is 0.703. The van der Waals surface area contributed by atoms with E-state index in [1.807, 2.05) is 13.8 Å². The van der Waals surface area contributed by atoms with Crippen molar-refractivity contribution in [3.63, 3.8) is 0 Å². The zero-order chi connectivity index (χ0) is 13.8. The predicted octanol–water partition coefficient (Wildman–Crippen LogP) is 3.10.